The first-order chi connectivity index (χ1) is 9.68. The van der Waals surface area contributed by atoms with Crippen LogP contribution in [0, 0.1) is 0 Å². The first kappa shape index (κ1) is 19.7. The number of hydrogen-bond donors (Lipinski definition) is 2. The summed E-state index contributed by atoms with van der Waals surface area (Å²) in [4.78, 5) is 0. The van der Waals surface area contributed by atoms with E-state index in [1.165, 1.54) is 64.2 Å². The first-order valence-electron chi connectivity index (χ1n) is 8.77. The molecule has 0 heterocycles. The summed E-state index contributed by atoms with van der Waals surface area (Å²) in [5, 5.41) is 9.57. The molecule has 0 fully saturated rings. The van der Waals surface area contributed by atoms with Crippen LogP contribution in [0.5, 0.6) is 0 Å². The summed E-state index contributed by atoms with van der Waals surface area (Å²) in [5.41, 5.74) is 5.63. The standard InChI is InChI=1S/C18H37NO/c1-3-4-5-6-7-8-9-10-11-12-13-14-15-16-18(20)17(2)19/h5-6,17-18,20H,3-4,7-16,19H2,1-2H3. The van der Waals surface area contributed by atoms with Crippen LogP contribution in [0.4, 0.5) is 0 Å². The fourth-order valence-corrected chi connectivity index (χ4v) is 2.34. The van der Waals surface area contributed by atoms with Gasteiger partial charge in [0.25, 0.3) is 0 Å². The molecule has 2 nitrogen and oxygen atoms in total. The zero-order chi connectivity index (χ0) is 15.1. The number of unbranched alkanes of at least 4 members (excludes halogenated alkanes) is 9. The van der Waals surface area contributed by atoms with E-state index in [-0.39, 0.29) is 12.1 Å². The van der Waals surface area contributed by atoms with Gasteiger partial charge in [-0.15, -0.1) is 0 Å². The summed E-state index contributed by atoms with van der Waals surface area (Å²) in [6, 6.07) is -0.0821. The summed E-state index contributed by atoms with van der Waals surface area (Å²) >= 11 is 0. The van der Waals surface area contributed by atoms with Gasteiger partial charge < -0.3 is 10.8 Å². The van der Waals surface area contributed by atoms with E-state index >= 15 is 0 Å². The van der Waals surface area contributed by atoms with Crippen molar-refractivity contribution in [3.63, 3.8) is 0 Å². The zero-order valence-corrected chi connectivity index (χ0v) is 13.8. The quantitative estimate of drug-likeness (QED) is 0.350. The van der Waals surface area contributed by atoms with E-state index in [1.807, 2.05) is 6.92 Å². The monoisotopic (exact) mass is 283 g/mol. The van der Waals surface area contributed by atoms with E-state index in [2.05, 4.69) is 19.1 Å². The molecule has 2 heteroatoms. The maximum absolute atomic E-state index is 9.57. The van der Waals surface area contributed by atoms with E-state index in [0.717, 1.165) is 12.8 Å². The van der Waals surface area contributed by atoms with Gasteiger partial charge in [-0.05, 0) is 32.6 Å². The van der Waals surface area contributed by atoms with Gasteiger partial charge in [-0.1, -0.05) is 70.4 Å². The molecule has 2 atom stereocenters. The van der Waals surface area contributed by atoms with Gasteiger partial charge in [0, 0.05) is 6.04 Å². The Morgan fingerprint density at radius 3 is 1.90 bits per heavy atom. The molecule has 0 aromatic heterocycles. The van der Waals surface area contributed by atoms with Gasteiger partial charge in [0.1, 0.15) is 0 Å². The van der Waals surface area contributed by atoms with Crippen molar-refractivity contribution in [1.82, 2.24) is 0 Å². The SMILES string of the molecule is CCCC=CCCCCCCCCCCC(O)C(C)N. The number of nitrogens with two attached hydrogens (primary N) is 1. The van der Waals surface area contributed by atoms with Gasteiger partial charge in [-0.25, -0.2) is 0 Å². The molecule has 0 spiro atoms. The first-order valence-corrected chi connectivity index (χ1v) is 8.77. The zero-order valence-electron chi connectivity index (χ0n) is 13.8. The second kappa shape index (κ2) is 15.1. The average molecular weight is 284 g/mol. The highest BCUT2D eigenvalue weighted by Crippen LogP contribution is 2.12. The van der Waals surface area contributed by atoms with Crippen LogP contribution in [0.1, 0.15) is 90.9 Å². The predicted octanol–water partition coefficient (Wildman–Crippen LogP) is 4.95. The Kier molecular flexibility index (Phi) is 14.8. The molecule has 0 aromatic carbocycles. The fourth-order valence-electron chi connectivity index (χ4n) is 2.34. The molecule has 0 bridgehead atoms. The molecule has 0 amide bonds. The van der Waals surface area contributed by atoms with Crippen molar-refractivity contribution in [2.45, 2.75) is 103 Å². The van der Waals surface area contributed by atoms with E-state index in [0.29, 0.717) is 0 Å². The van der Waals surface area contributed by atoms with E-state index in [1.54, 1.807) is 0 Å². The second-order valence-corrected chi connectivity index (χ2v) is 6.09. The number of allylic oxidation sites excluding steroid dienone is 2. The second-order valence-electron chi connectivity index (χ2n) is 6.09. The number of aliphatic hydroxyl groups excluding tert-OH is 1. The van der Waals surface area contributed by atoms with Crippen LogP contribution in [-0.4, -0.2) is 17.3 Å². The molecule has 0 aromatic rings. The largest absolute Gasteiger partial charge is 0.392 e. The highest BCUT2D eigenvalue weighted by molar-refractivity contribution is 4.80. The summed E-state index contributed by atoms with van der Waals surface area (Å²) in [5.74, 6) is 0. The van der Waals surface area contributed by atoms with Crippen LogP contribution in [0.3, 0.4) is 0 Å². The minimum Gasteiger partial charge on any atom is -0.392 e. The van der Waals surface area contributed by atoms with Gasteiger partial charge in [0.15, 0.2) is 0 Å². The van der Waals surface area contributed by atoms with Gasteiger partial charge in [0.2, 0.25) is 0 Å². The highest BCUT2D eigenvalue weighted by atomic mass is 16.3. The van der Waals surface area contributed by atoms with Gasteiger partial charge in [-0.2, -0.15) is 0 Å². The lowest BCUT2D eigenvalue weighted by Crippen LogP contribution is -2.31. The van der Waals surface area contributed by atoms with Crippen molar-refractivity contribution in [2.75, 3.05) is 0 Å². The maximum Gasteiger partial charge on any atom is 0.0688 e. The van der Waals surface area contributed by atoms with Crippen molar-refractivity contribution in [1.29, 1.82) is 0 Å². The van der Waals surface area contributed by atoms with Crippen molar-refractivity contribution in [3.05, 3.63) is 12.2 Å². The number of hydrogen-bond acceptors (Lipinski definition) is 2. The smallest absolute Gasteiger partial charge is 0.0688 e. The van der Waals surface area contributed by atoms with Crippen LogP contribution in [-0.2, 0) is 0 Å². The molecule has 0 saturated carbocycles. The van der Waals surface area contributed by atoms with Crippen molar-refractivity contribution in [3.8, 4) is 0 Å². The van der Waals surface area contributed by atoms with E-state index in [4.69, 9.17) is 5.73 Å². The lowest BCUT2D eigenvalue weighted by Gasteiger charge is -2.13. The Balaban J connectivity index is 3.10. The minimum absolute atomic E-state index is 0.0821. The lowest BCUT2D eigenvalue weighted by atomic mass is 10.0. The Labute approximate surface area is 126 Å². The molecule has 120 valence electrons. The van der Waals surface area contributed by atoms with Crippen molar-refractivity contribution in [2.24, 2.45) is 5.73 Å². The van der Waals surface area contributed by atoms with Crippen LogP contribution >= 0.6 is 0 Å². The molecule has 0 rings (SSSR count). The Bertz CT molecular complexity index is 213. The van der Waals surface area contributed by atoms with Gasteiger partial charge in [0.05, 0.1) is 6.10 Å². The fraction of sp³-hybridized carbons (Fsp3) is 0.889. The topological polar surface area (TPSA) is 46.2 Å². The van der Waals surface area contributed by atoms with Crippen LogP contribution in [0.15, 0.2) is 12.2 Å². The molecule has 20 heavy (non-hydrogen) atoms. The third kappa shape index (κ3) is 14.1. The van der Waals surface area contributed by atoms with Crippen LogP contribution in [0.25, 0.3) is 0 Å². The Morgan fingerprint density at radius 2 is 1.35 bits per heavy atom. The molecule has 3 N–H and O–H groups in total. The van der Waals surface area contributed by atoms with Gasteiger partial charge >= 0.3 is 0 Å². The molecule has 0 aliphatic rings. The normalized spacial score (nSPS) is 14.8. The van der Waals surface area contributed by atoms with Gasteiger partial charge in [-0.3, -0.25) is 0 Å². The van der Waals surface area contributed by atoms with E-state index in [9.17, 15) is 5.11 Å². The summed E-state index contributed by atoms with van der Waals surface area (Å²) in [6.45, 7) is 4.10. The van der Waals surface area contributed by atoms with Crippen LogP contribution < -0.4 is 5.73 Å². The third-order valence-electron chi connectivity index (χ3n) is 3.85. The average Bonchev–Trinajstić information content (AvgIpc) is 2.43. The summed E-state index contributed by atoms with van der Waals surface area (Å²) in [6.07, 6.45) is 19.4. The predicted molar refractivity (Wildman–Crippen MR) is 89.9 cm³/mol. The summed E-state index contributed by atoms with van der Waals surface area (Å²) < 4.78 is 0. The lowest BCUT2D eigenvalue weighted by molar-refractivity contribution is 0.138. The maximum atomic E-state index is 9.57. The molecule has 2 unspecified atom stereocenters. The number of aliphatic hydroxyl groups is 1. The molecule has 0 aliphatic carbocycles. The summed E-state index contributed by atoms with van der Waals surface area (Å²) in [7, 11) is 0. The van der Waals surface area contributed by atoms with Crippen molar-refractivity contribution < 1.29 is 5.11 Å². The van der Waals surface area contributed by atoms with Crippen LogP contribution in [0.2, 0.25) is 0 Å². The molecular formula is C18H37NO. The highest BCUT2D eigenvalue weighted by Gasteiger charge is 2.07. The Morgan fingerprint density at radius 1 is 0.850 bits per heavy atom. The minimum atomic E-state index is -0.309. The Hall–Kier alpha value is -0.340. The van der Waals surface area contributed by atoms with E-state index < -0.39 is 0 Å². The number of rotatable bonds is 14. The third-order valence-corrected chi connectivity index (χ3v) is 3.85. The molecule has 0 saturated heterocycles. The molecule has 0 radical (unpaired) electrons. The molecular weight excluding hydrogens is 246 g/mol. The van der Waals surface area contributed by atoms with Crippen molar-refractivity contribution >= 4 is 0 Å². The molecule has 0 aliphatic heterocycles.